The molecule has 20 heavy (non-hydrogen) atoms. The fourth-order valence-corrected chi connectivity index (χ4v) is 3.07. The Balaban J connectivity index is 1.87. The van der Waals surface area contributed by atoms with Crippen molar-refractivity contribution >= 4 is 17.5 Å². The van der Waals surface area contributed by atoms with E-state index >= 15 is 0 Å². The maximum Gasteiger partial charge on any atom is 0.276 e. The monoisotopic (exact) mass is 297 g/mol. The Morgan fingerprint density at radius 2 is 2.00 bits per heavy atom. The highest BCUT2D eigenvalue weighted by molar-refractivity contribution is 6.34. The van der Waals surface area contributed by atoms with Crippen LogP contribution < -0.4 is 5.32 Å². The van der Waals surface area contributed by atoms with Crippen LogP contribution in [0, 0.1) is 0 Å². The van der Waals surface area contributed by atoms with Gasteiger partial charge in [0.15, 0.2) is 5.69 Å². The predicted molar refractivity (Wildman–Crippen MR) is 77.0 cm³/mol. The molecule has 0 aliphatic carbocycles. The lowest BCUT2D eigenvalue weighted by Crippen LogP contribution is -2.46. The molecule has 1 fully saturated rings. The van der Waals surface area contributed by atoms with E-state index in [0.717, 1.165) is 57.9 Å². The predicted octanol–water partition coefficient (Wildman–Crippen LogP) is 0.417. The van der Waals surface area contributed by atoms with Crippen molar-refractivity contribution in [1.82, 2.24) is 24.9 Å². The van der Waals surface area contributed by atoms with E-state index in [9.17, 15) is 4.79 Å². The number of carbonyl (C=O) groups excluding carboxylic acids is 1. The van der Waals surface area contributed by atoms with E-state index in [2.05, 4.69) is 22.4 Å². The zero-order valence-corrected chi connectivity index (χ0v) is 12.5. The van der Waals surface area contributed by atoms with Gasteiger partial charge in [-0.2, -0.15) is 5.10 Å². The van der Waals surface area contributed by atoms with Crippen molar-refractivity contribution < 1.29 is 4.79 Å². The van der Waals surface area contributed by atoms with Crippen molar-refractivity contribution in [2.24, 2.45) is 0 Å². The number of amides is 1. The van der Waals surface area contributed by atoms with Gasteiger partial charge in [0.05, 0.1) is 10.7 Å². The summed E-state index contributed by atoms with van der Waals surface area (Å²) < 4.78 is 1.90. The van der Waals surface area contributed by atoms with E-state index in [0.29, 0.717) is 10.7 Å². The zero-order valence-electron chi connectivity index (χ0n) is 11.7. The van der Waals surface area contributed by atoms with Gasteiger partial charge in [0, 0.05) is 45.8 Å². The molecular formula is C13H20ClN5O. The largest absolute Gasteiger partial charge is 0.335 e. The first-order chi connectivity index (χ1) is 9.66. The summed E-state index contributed by atoms with van der Waals surface area (Å²) in [7, 11) is 2.07. The summed E-state index contributed by atoms with van der Waals surface area (Å²) in [5.74, 6) is -0.0419. The van der Waals surface area contributed by atoms with E-state index < -0.39 is 0 Å². The molecule has 0 spiro atoms. The summed E-state index contributed by atoms with van der Waals surface area (Å²) in [5.41, 5.74) is 1.38. The molecular weight excluding hydrogens is 278 g/mol. The first kappa shape index (κ1) is 13.9. The molecule has 3 heterocycles. The third kappa shape index (κ3) is 2.55. The van der Waals surface area contributed by atoms with Crippen LogP contribution in [-0.2, 0) is 13.1 Å². The molecule has 3 rings (SSSR count). The number of halogens is 1. The van der Waals surface area contributed by atoms with E-state index in [1.807, 2.05) is 9.58 Å². The van der Waals surface area contributed by atoms with Crippen molar-refractivity contribution in [1.29, 1.82) is 0 Å². The molecule has 0 aromatic carbocycles. The second-order valence-electron chi connectivity index (χ2n) is 5.47. The summed E-state index contributed by atoms with van der Waals surface area (Å²) in [5, 5.41) is 8.24. The molecule has 0 radical (unpaired) electrons. The van der Waals surface area contributed by atoms with Gasteiger partial charge in [-0.25, -0.2) is 0 Å². The normalized spacial score (nSPS) is 20.6. The molecule has 2 aliphatic rings. The molecule has 0 unspecified atom stereocenters. The molecule has 0 bridgehead atoms. The van der Waals surface area contributed by atoms with Crippen molar-refractivity contribution in [2.75, 3.05) is 39.8 Å². The zero-order chi connectivity index (χ0) is 14.1. The summed E-state index contributed by atoms with van der Waals surface area (Å²) in [6, 6.07) is 0. The summed E-state index contributed by atoms with van der Waals surface area (Å²) in [6.07, 6.45) is 1.03. The highest BCUT2D eigenvalue weighted by Gasteiger charge is 2.27. The average molecular weight is 298 g/mol. The van der Waals surface area contributed by atoms with Crippen molar-refractivity contribution in [2.45, 2.75) is 19.5 Å². The quantitative estimate of drug-likeness (QED) is 0.816. The Labute approximate surface area is 123 Å². The molecule has 2 aliphatic heterocycles. The average Bonchev–Trinajstić information content (AvgIpc) is 2.65. The maximum absolute atomic E-state index is 12.5. The molecule has 0 saturated carbocycles. The number of nitrogens with zero attached hydrogens (tertiary/aromatic N) is 4. The van der Waals surface area contributed by atoms with Gasteiger partial charge in [0.1, 0.15) is 0 Å². The minimum atomic E-state index is -0.0419. The molecule has 1 N–H and O–H groups in total. The van der Waals surface area contributed by atoms with E-state index in [-0.39, 0.29) is 5.91 Å². The summed E-state index contributed by atoms with van der Waals surface area (Å²) in [4.78, 5) is 16.6. The highest BCUT2D eigenvalue weighted by Crippen LogP contribution is 2.25. The number of piperazine rings is 1. The third-order valence-electron chi connectivity index (χ3n) is 3.93. The number of nitrogens with one attached hydrogen (secondary N) is 1. The SMILES string of the molecule is CN1CCCn2nc(C(=O)N3CCNCC3)c(Cl)c2C1. The lowest BCUT2D eigenvalue weighted by atomic mass is 10.2. The van der Waals surface area contributed by atoms with Crippen LogP contribution >= 0.6 is 11.6 Å². The standard InChI is InChI=1S/C13H20ClN5O/c1-17-5-2-6-19-10(9-17)11(14)12(16-19)13(20)18-7-3-15-4-8-18/h15H,2-9H2,1H3. The first-order valence-corrected chi connectivity index (χ1v) is 7.48. The third-order valence-corrected chi connectivity index (χ3v) is 4.33. The maximum atomic E-state index is 12.5. The van der Waals surface area contributed by atoms with Gasteiger partial charge in [-0.15, -0.1) is 0 Å². The lowest BCUT2D eigenvalue weighted by Gasteiger charge is -2.26. The van der Waals surface area contributed by atoms with E-state index in [4.69, 9.17) is 11.6 Å². The van der Waals surface area contributed by atoms with Crippen LogP contribution in [0.4, 0.5) is 0 Å². The first-order valence-electron chi connectivity index (χ1n) is 7.10. The van der Waals surface area contributed by atoms with Crippen LogP contribution in [0.3, 0.4) is 0 Å². The van der Waals surface area contributed by atoms with Crippen LogP contribution in [0.5, 0.6) is 0 Å². The second kappa shape index (κ2) is 5.71. The van der Waals surface area contributed by atoms with Gasteiger partial charge >= 0.3 is 0 Å². The lowest BCUT2D eigenvalue weighted by molar-refractivity contribution is 0.0729. The molecule has 1 amide bonds. The number of fused-ring (bicyclic) bond motifs is 1. The van der Waals surface area contributed by atoms with Gasteiger partial charge in [-0.3, -0.25) is 9.48 Å². The van der Waals surface area contributed by atoms with E-state index in [1.54, 1.807) is 0 Å². The number of hydrogen-bond acceptors (Lipinski definition) is 4. The van der Waals surface area contributed by atoms with Crippen LogP contribution in [0.15, 0.2) is 0 Å². The topological polar surface area (TPSA) is 53.4 Å². The van der Waals surface area contributed by atoms with Gasteiger partial charge in [-0.1, -0.05) is 11.6 Å². The molecule has 110 valence electrons. The Hall–Kier alpha value is -1.11. The highest BCUT2D eigenvalue weighted by atomic mass is 35.5. The minimum absolute atomic E-state index is 0.0419. The number of aryl methyl sites for hydroxylation is 1. The smallest absolute Gasteiger partial charge is 0.276 e. The van der Waals surface area contributed by atoms with Crippen molar-refractivity contribution in [3.8, 4) is 0 Å². The van der Waals surface area contributed by atoms with Crippen LogP contribution in [-0.4, -0.2) is 65.3 Å². The fraction of sp³-hybridized carbons (Fsp3) is 0.692. The van der Waals surface area contributed by atoms with Crippen molar-refractivity contribution in [3.63, 3.8) is 0 Å². The number of rotatable bonds is 1. The van der Waals surface area contributed by atoms with Crippen LogP contribution in [0.2, 0.25) is 5.02 Å². The number of aromatic nitrogens is 2. The van der Waals surface area contributed by atoms with Crippen LogP contribution in [0.1, 0.15) is 22.6 Å². The van der Waals surface area contributed by atoms with Gasteiger partial charge in [0.25, 0.3) is 5.91 Å². The Morgan fingerprint density at radius 1 is 1.25 bits per heavy atom. The van der Waals surface area contributed by atoms with Crippen LogP contribution in [0.25, 0.3) is 0 Å². The Bertz CT molecular complexity index is 509. The molecule has 1 saturated heterocycles. The Kier molecular flexibility index (Phi) is 3.96. The number of hydrogen-bond donors (Lipinski definition) is 1. The van der Waals surface area contributed by atoms with Gasteiger partial charge < -0.3 is 15.1 Å². The van der Waals surface area contributed by atoms with Gasteiger partial charge in [0.2, 0.25) is 0 Å². The summed E-state index contributed by atoms with van der Waals surface area (Å²) >= 11 is 6.42. The second-order valence-corrected chi connectivity index (χ2v) is 5.84. The Morgan fingerprint density at radius 3 is 2.75 bits per heavy atom. The van der Waals surface area contributed by atoms with E-state index in [1.165, 1.54) is 0 Å². The van der Waals surface area contributed by atoms with Gasteiger partial charge in [-0.05, 0) is 13.5 Å². The fourth-order valence-electron chi connectivity index (χ4n) is 2.79. The minimum Gasteiger partial charge on any atom is -0.335 e. The molecule has 7 heteroatoms. The molecule has 1 aromatic heterocycles. The molecule has 1 aromatic rings. The number of carbonyl (C=O) groups is 1. The van der Waals surface area contributed by atoms with Crippen molar-refractivity contribution in [3.05, 3.63) is 16.4 Å². The molecule has 6 nitrogen and oxygen atoms in total. The molecule has 0 atom stereocenters. The summed E-state index contributed by atoms with van der Waals surface area (Å²) in [6.45, 7) is 5.71.